The number of para-hydroxylation sites is 1. The normalized spacial score (nSPS) is 36.0. The number of aliphatic hydroxyl groups excluding tert-OH is 3. The zero-order valence-corrected chi connectivity index (χ0v) is 12.4. The Bertz CT molecular complexity index is 543. The van der Waals surface area contributed by atoms with Crippen LogP contribution >= 0.6 is 12.2 Å². The van der Waals surface area contributed by atoms with E-state index in [-0.39, 0.29) is 6.61 Å². The predicted molar refractivity (Wildman–Crippen MR) is 80.9 cm³/mol. The zero-order valence-electron chi connectivity index (χ0n) is 11.6. The maximum absolute atomic E-state index is 10.5. The Morgan fingerprint density at radius 2 is 2.00 bits per heavy atom. The van der Waals surface area contributed by atoms with Crippen LogP contribution in [0.25, 0.3) is 0 Å². The van der Waals surface area contributed by atoms with Crippen LogP contribution in [-0.2, 0) is 4.74 Å². The van der Waals surface area contributed by atoms with Crippen LogP contribution in [-0.4, -0.2) is 69.6 Å². The highest BCUT2D eigenvalue weighted by Gasteiger charge is 2.62. The lowest BCUT2D eigenvalue weighted by Gasteiger charge is -2.36. The molecule has 3 rings (SSSR count). The third-order valence-corrected chi connectivity index (χ3v) is 4.57. The molecule has 2 heterocycles. The van der Waals surface area contributed by atoms with Crippen molar-refractivity contribution in [1.29, 1.82) is 0 Å². The van der Waals surface area contributed by atoms with Gasteiger partial charge in [-0.25, -0.2) is 0 Å². The van der Waals surface area contributed by atoms with E-state index >= 15 is 0 Å². The maximum Gasteiger partial charge on any atom is 0.194 e. The van der Waals surface area contributed by atoms with Crippen LogP contribution in [0.4, 0.5) is 5.69 Å². The van der Waals surface area contributed by atoms with Crippen LogP contribution in [0.2, 0.25) is 0 Å². The number of hydrogen-bond acceptors (Lipinski definition) is 5. The number of likely N-dealkylation sites (N-methyl/N-ethyl adjacent to an activating group) is 1. The fourth-order valence-electron chi connectivity index (χ4n) is 3.05. The molecular weight excluding hydrogens is 292 g/mol. The van der Waals surface area contributed by atoms with Crippen LogP contribution in [0.15, 0.2) is 30.3 Å². The third-order valence-electron chi connectivity index (χ3n) is 4.08. The van der Waals surface area contributed by atoms with E-state index in [1.807, 2.05) is 37.4 Å². The summed E-state index contributed by atoms with van der Waals surface area (Å²) in [5.41, 5.74) is -0.406. The number of rotatable bonds is 2. The topological polar surface area (TPSA) is 76.4 Å². The molecule has 0 aromatic heterocycles. The Balaban J connectivity index is 2.06. The molecular formula is C14H18N2O4S. The maximum atomic E-state index is 10.5. The van der Waals surface area contributed by atoms with Crippen molar-refractivity contribution in [3.63, 3.8) is 0 Å². The van der Waals surface area contributed by atoms with E-state index in [0.717, 1.165) is 5.69 Å². The van der Waals surface area contributed by atoms with Crippen molar-refractivity contribution in [1.82, 2.24) is 4.90 Å². The molecule has 0 bridgehead atoms. The molecule has 114 valence electrons. The summed E-state index contributed by atoms with van der Waals surface area (Å²) >= 11 is 5.44. The highest BCUT2D eigenvalue weighted by atomic mass is 32.1. The molecule has 0 radical (unpaired) electrons. The Kier molecular flexibility index (Phi) is 3.62. The molecule has 0 aliphatic carbocycles. The van der Waals surface area contributed by atoms with Crippen LogP contribution in [0.5, 0.6) is 0 Å². The summed E-state index contributed by atoms with van der Waals surface area (Å²) in [6.45, 7) is -0.0471. The van der Waals surface area contributed by atoms with Crippen molar-refractivity contribution in [2.75, 3.05) is 25.1 Å². The molecule has 4 atom stereocenters. The van der Waals surface area contributed by atoms with Crippen molar-refractivity contribution < 1.29 is 20.1 Å². The Labute approximate surface area is 128 Å². The lowest BCUT2D eigenvalue weighted by molar-refractivity contribution is -0.0815. The molecule has 3 N–H and O–H groups in total. The predicted octanol–water partition coefficient (Wildman–Crippen LogP) is -0.468. The smallest absolute Gasteiger partial charge is 0.194 e. The van der Waals surface area contributed by atoms with E-state index in [4.69, 9.17) is 17.0 Å². The van der Waals surface area contributed by atoms with Crippen LogP contribution in [0.1, 0.15) is 0 Å². The number of thiocarbonyl (C=S) groups is 1. The summed E-state index contributed by atoms with van der Waals surface area (Å²) in [5, 5.41) is 30.4. The summed E-state index contributed by atoms with van der Waals surface area (Å²) in [6, 6.07) is 9.34. The molecule has 2 fully saturated rings. The average molecular weight is 310 g/mol. The first-order chi connectivity index (χ1) is 10.0. The average Bonchev–Trinajstić information content (AvgIpc) is 2.89. The lowest BCUT2D eigenvalue weighted by atomic mass is 10.0. The largest absolute Gasteiger partial charge is 0.394 e. The fraction of sp³-hybridized carbons (Fsp3) is 0.500. The number of ether oxygens (including phenoxy) is 1. The first-order valence-electron chi connectivity index (χ1n) is 6.76. The van der Waals surface area contributed by atoms with E-state index in [0.29, 0.717) is 11.7 Å². The van der Waals surface area contributed by atoms with Gasteiger partial charge in [0.1, 0.15) is 18.3 Å². The van der Waals surface area contributed by atoms with E-state index < -0.39 is 24.0 Å². The van der Waals surface area contributed by atoms with E-state index in [2.05, 4.69) is 0 Å². The molecule has 21 heavy (non-hydrogen) atoms. The van der Waals surface area contributed by atoms with Gasteiger partial charge in [0.05, 0.1) is 13.2 Å². The monoisotopic (exact) mass is 310 g/mol. The molecule has 1 spiro atoms. The fourth-order valence-corrected chi connectivity index (χ4v) is 3.37. The second kappa shape index (κ2) is 5.19. The summed E-state index contributed by atoms with van der Waals surface area (Å²) in [7, 11) is 1.81. The van der Waals surface area contributed by atoms with Gasteiger partial charge in [-0.1, -0.05) is 18.2 Å². The molecule has 7 heteroatoms. The van der Waals surface area contributed by atoms with Crippen LogP contribution in [0.3, 0.4) is 0 Å². The quantitative estimate of drug-likeness (QED) is 0.638. The molecule has 1 aromatic rings. The van der Waals surface area contributed by atoms with Gasteiger partial charge < -0.3 is 25.0 Å². The number of aliphatic hydroxyl groups is 3. The second-order valence-corrected chi connectivity index (χ2v) is 5.79. The van der Waals surface area contributed by atoms with Crippen molar-refractivity contribution in [3.8, 4) is 0 Å². The molecule has 1 aromatic carbocycles. The van der Waals surface area contributed by atoms with Crippen LogP contribution in [0, 0.1) is 0 Å². The third kappa shape index (κ3) is 2.04. The van der Waals surface area contributed by atoms with E-state index in [9.17, 15) is 15.3 Å². The van der Waals surface area contributed by atoms with Gasteiger partial charge in [0.25, 0.3) is 0 Å². The van der Waals surface area contributed by atoms with Gasteiger partial charge in [0.15, 0.2) is 10.8 Å². The van der Waals surface area contributed by atoms with Gasteiger partial charge in [-0.3, -0.25) is 4.90 Å². The minimum Gasteiger partial charge on any atom is -0.394 e. The van der Waals surface area contributed by atoms with Crippen molar-refractivity contribution in [3.05, 3.63) is 30.3 Å². The summed E-state index contributed by atoms with van der Waals surface area (Å²) in [6.07, 6.45) is -3.16. The number of hydrogen-bond donors (Lipinski definition) is 3. The number of anilines is 1. The van der Waals surface area contributed by atoms with Gasteiger partial charge >= 0.3 is 0 Å². The lowest BCUT2D eigenvalue weighted by Crippen LogP contribution is -2.56. The van der Waals surface area contributed by atoms with Crippen molar-refractivity contribution in [2.45, 2.75) is 24.0 Å². The molecule has 0 saturated carbocycles. The highest BCUT2D eigenvalue weighted by Crippen LogP contribution is 2.42. The molecule has 2 saturated heterocycles. The van der Waals surface area contributed by atoms with Gasteiger partial charge in [-0.05, 0) is 24.4 Å². The Morgan fingerprint density at radius 3 is 2.57 bits per heavy atom. The van der Waals surface area contributed by atoms with Gasteiger partial charge in [-0.15, -0.1) is 0 Å². The first kappa shape index (κ1) is 14.7. The van der Waals surface area contributed by atoms with E-state index in [1.54, 1.807) is 9.80 Å². The minimum absolute atomic E-state index is 0.315. The number of nitrogens with zero attached hydrogens (tertiary/aromatic N) is 2. The van der Waals surface area contributed by atoms with Crippen molar-refractivity contribution in [2.24, 2.45) is 0 Å². The summed E-state index contributed by atoms with van der Waals surface area (Å²) in [5.74, 6) is 0. The first-order valence-corrected chi connectivity index (χ1v) is 7.17. The molecule has 2 aliphatic heterocycles. The molecule has 2 aliphatic rings. The molecule has 4 unspecified atom stereocenters. The molecule has 0 amide bonds. The minimum atomic E-state index is -1.18. The molecule has 6 nitrogen and oxygen atoms in total. The number of benzene rings is 1. The standard InChI is InChI=1S/C14H18N2O4S/c1-15-8-14(12(19)11(18)10(7-17)20-14)16(13(15)21)9-5-3-2-4-6-9/h2-6,10-12,17-19H,7-8H2,1H3. The van der Waals surface area contributed by atoms with E-state index in [1.165, 1.54) is 0 Å². The SMILES string of the molecule is CN1CC2(OC(CO)C(O)C2O)N(c2ccccc2)C1=S. The highest BCUT2D eigenvalue weighted by molar-refractivity contribution is 7.80. The second-order valence-electron chi connectivity index (χ2n) is 5.43. The van der Waals surface area contributed by atoms with Crippen LogP contribution < -0.4 is 4.90 Å². The van der Waals surface area contributed by atoms with Gasteiger partial charge in [-0.2, -0.15) is 0 Å². The Hall–Kier alpha value is -1.25. The van der Waals surface area contributed by atoms with Crippen molar-refractivity contribution >= 4 is 23.0 Å². The Morgan fingerprint density at radius 1 is 1.33 bits per heavy atom. The zero-order chi connectivity index (χ0) is 15.2. The summed E-state index contributed by atoms with van der Waals surface area (Å²) < 4.78 is 5.84. The van der Waals surface area contributed by atoms with Gasteiger partial charge in [0, 0.05) is 12.7 Å². The summed E-state index contributed by atoms with van der Waals surface area (Å²) in [4.78, 5) is 3.50. The van der Waals surface area contributed by atoms with Gasteiger partial charge in [0.2, 0.25) is 0 Å².